The summed E-state index contributed by atoms with van der Waals surface area (Å²) in [6.45, 7) is 8.34. The molecule has 0 spiro atoms. The summed E-state index contributed by atoms with van der Waals surface area (Å²) < 4.78 is 0. The topological polar surface area (TPSA) is 0 Å². The third-order valence-electron chi connectivity index (χ3n) is 1.67. The van der Waals surface area contributed by atoms with Crippen molar-refractivity contribution in [3.8, 4) is 0 Å². The SMILES string of the molecule is [CH2]CC(Br)CC(C)CC. The fraction of sp³-hybridized carbons (Fsp3) is 0.875. The lowest BCUT2D eigenvalue weighted by Gasteiger charge is -2.11. The Morgan fingerprint density at radius 1 is 1.56 bits per heavy atom. The molecule has 0 saturated heterocycles. The Labute approximate surface area is 67.2 Å². The van der Waals surface area contributed by atoms with Gasteiger partial charge in [-0.25, -0.2) is 0 Å². The van der Waals surface area contributed by atoms with Crippen molar-refractivity contribution in [2.45, 2.75) is 37.9 Å². The predicted molar refractivity (Wildman–Crippen MR) is 46.8 cm³/mol. The van der Waals surface area contributed by atoms with Gasteiger partial charge in [-0.15, -0.1) is 0 Å². The van der Waals surface area contributed by atoms with Crippen LogP contribution in [0.4, 0.5) is 0 Å². The van der Waals surface area contributed by atoms with E-state index in [4.69, 9.17) is 0 Å². The normalized spacial score (nSPS) is 17.3. The van der Waals surface area contributed by atoms with Gasteiger partial charge in [0, 0.05) is 4.83 Å². The first-order valence-corrected chi connectivity index (χ1v) is 4.55. The van der Waals surface area contributed by atoms with E-state index in [9.17, 15) is 0 Å². The van der Waals surface area contributed by atoms with Gasteiger partial charge in [0.1, 0.15) is 0 Å². The van der Waals surface area contributed by atoms with Gasteiger partial charge in [-0.3, -0.25) is 0 Å². The molecule has 0 nitrogen and oxygen atoms in total. The third-order valence-corrected chi connectivity index (χ3v) is 2.50. The molecule has 0 amide bonds. The zero-order valence-electron chi connectivity index (χ0n) is 6.36. The Morgan fingerprint density at radius 3 is 2.44 bits per heavy atom. The van der Waals surface area contributed by atoms with E-state index in [2.05, 4.69) is 36.7 Å². The predicted octanol–water partition coefficient (Wildman–Crippen LogP) is 3.41. The molecule has 2 atom stereocenters. The van der Waals surface area contributed by atoms with Crippen molar-refractivity contribution in [3.05, 3.63) is 6.92 Å². The molecule has 1 radical (unpaired) electrons. The van der Waals surface area contributed by atoms with Gasteiger partial charge >= 0.3 is 0 Å². The second-order valence-electron chi connectivity index (χ2n) is 2.64. The highest BCUT2D eigenvalue weighted by molar-refractivity contribution is 9.09. The number of hydrogen-bond acceptors (Lipinski definition) is 0. The first-order valence-electron chi connectivity index (χ1n) is 3.64. The van der Waals surface area contributed by atoms with E-state index >= 15 is 0 Å². The maximum absolute atomic E-state index is 3.83. The van der Waals surface area contributed by atoms with Crippen molar-refractivity contribution >= 4 is 15.9 Å². The molecule has 0 aliphatic carbocycles. The lowest BCUT2D eigenvalue weighted by atomic mass is 10.0. The van der Waals surface area contributed by atoms with Crippen LogP contribution in [0.1, 0.15) is 33.1 Å². The van der Waals surface area contributed by atoms with E-state index in [0.29, 0.717) is 4.83 Å². The number of halogens is 1. The molecular formula is C8H16Br. The molecule has 9 heavy (non-hydrogen) atoms. The van der Waals surface area contributed by atoms with Crippen LogP contribution in [0.15, 0.2) is 0 Å². The molecule has 1 heteroatoms. The van der Waals surface area contributed by atoms with E-state index in [1.807, 2.05) is 0 Å². The van der Waals surface area contributed by atoms with E-state index in [1.54, 1.807) is 0 Å². The van der Waals surface area contributed by atoms with E-state index < -0.39 is 0 Å². The minimum atomic E-state index is 0.632. The molecule has 55 valence electrons. The summed E-state index contributed by atoms with van der Waals surface area (Å²) in [5.41, 5.74) is 0. The first kappa shape index (κ1) is 9.48. The van der Waals surface area contributed by atoms with Gasteiger partial charge in [0.25, 0.3) is 0 Å². The zero-order valence-corrected chi connectivity index (χ0v) is 7.95. The average Bonchev–Trinajstić information content (AvgIpc) is 1.87. The molecule has 0 rings (SSSR count). The molecule has 0 aliphatic rings. The van der Waals surface area contributed by atoms with Crippen LogP contribution in [0.3, 0.4) is 0 Å². The zero-order chi connectivity index (χ0) is 7.28. The van der Waals surface area contributed by atoms with Gasteiger partial charge in [-0.1, -0.05) is 43.1 Å². The minimum absolute atomic E-state index is 0.632. The molecule has 0 heterocycles. The molecule has 0 fully saturated rings. The van der Waals surface area contributed by atoms with Gasteiger partial charge in [-0.05, 0) is 18.8 Å². The summed E-state index contributed by atoms with van der Waals surface area (Å²) in [4.78, 5) is 0.632. The Bertz CT molecular complexity index is 53.6. The summed E-state index contributed by atoms with van der Waals surface area (Å²) in [5.74, 6) is 0.844. The maximum atomic E-state index is 3.83. The number of hydrogen-bond donors (Lipinski definition) is 0. The monoisotopic (exact) mass is 191 g/mol. The van der Waals surface area contributed by atoms with Crippen LogP contribution in [0, 0.1) is 12.8 Å². The van der Waals surface area contributed by atoms with Crippen LogP contribution in [0.2, 0.25) is 0 Å². The van der Waals surface area contributed by atoms with Crippen molar-refractivity contribution in [2.75, 3.05) is 0 Å². The lowest BCUT2D eigenvalue weighted by Crippen LogP contribution is -2.02. The van der Waals surface area contributed by atoms with Gasteiger partial charge in [-0.2, -0.15) is 0 Å². The van der Waals surface area contributed by atoms with Crippen LogP contribution in [0.25, 0.3) is 0 Å². The average molecular weight is 192 g/mol. The fourth-order valence-electron chi connectivity index (χ4n) is 0.721. The standard InChI is InChI=1S/C8H16Br/c1-4-7(3)6-8(9)5-2/h7-8H,2,4-6H2,1,3H3. The van der Waals surface area contributed by atoms with E-state index in [0.717, 1.165) is 12.3 Å². The van der Waals surface area contributed by atoms with Crippen LogP contribution in [-0.2, 0) is 0 Å². The van der Waals surface area contributed by atoms with Gasteiger partial charge in [0.2, 0.25) is 0 Å². The van der Waals surface area contributed by atoms with Crippen LogP contribution < -0.4 is 0 Å². The van der Waals surface area contributed by atoms with E-state index in [-0.39, 0.29) is 0 Å². The highest BCUT2D eigenvalue weighted by atomic mass is 79.9. The fourth-order valence-corrected chi connectivity index (χ4v) is 1.36. The van der Waals surface area contributed by atoms with Crippen molar-refractivity contribution in [1.29, 1.82) is 0 Å². The van der Waals surface area contributed by atoms with Crippen molar-refractivity contribution in [3.63, 3.8) is 0 Å². The highest BCUT2D eigenvalue weighted by Crippen LogP contribution is 2.17. The molecular weight excluding hydrogens is 176 g/mol. The third kappa shape index (κ3) is 4.95. The van der Waals surface area contributed by atoms with Crippen molar-refractivity contribution in [2.24, 2.45) is 5.92 Å². The number of rotatable bonds is 4. The second kappa shape index (κ2) is 5.28. The Morgan fingerprint density at radius 2 is 2.11 bits per heavy atom. The van der Waals surface area contributed by atoms with E-state index in [1.165, 1.54) is 12.8 Å². The minimum Gasteiger partial charge on any atom is -0.0891 e. The molecule has 0 aromatic rings. The Kier molecular flexibility index (Phi) is 5.56. The molecule has 2 unspecified atom stereocenters. The summed E-state index contributed by atoms with van der Waals surface area (Å²) in [6, 6.07) is 0. The van der Waals surface area contributed by atoms with Crippen LogP contribution in [-0.4, -0.2) is 4.83 Å². The van der Waals surface area contributed by atoms with Crippen LogP contribution >= 0.6 is 15.9 Å². The quantitative estimate of drug-likeness (QED) is 0.598. The molecule has 0 aromatic carbocycles. The summed E-state index contributed by atoms with van der Waals surface area (Å²) >= 11 is 3.56. The van der Waals surface area contributed by atoms with Crippen LogP contribution in [0.5, 0.6) is 0 Å². The van der Waals surface area contributed by atoms with Gasteiger partial charge in [0.15, 0.2) is 0 Å². The van der Waals surface area contributed by atoms with Crippen molar-refractivity contribution < 1.29 is 0 Å². The highest BCUT2D eigenvalue weighted by Gasteiger charge is 2.05. The molecule has 0 N–H and O–H groups in total. The second-order valence-corrected chi connectivity index (χ2v) is 3.93. The largest absolute Gasteiger partial charge is 0.0891 e. The van der Waals surface area contributed by atoms with Gasteiger partial charge in [0.05, 0.1) is 0 Å². The first-order chi connectivity index (χ1) is 4.20. The molecule has 0 aromatic heterocycles. The Balaban J connectivity index is 3.22. The van der Waals surface area contributed by atoms with Gasteiger partial charge < -0.3 is 0 Å². The Hall–Kier alpha value is 0.480. The maximum Gasteiger partial charge on any atom is 0.0148 e. The summed E-state index contributed by atoms with van der Waals surface area (Å²) in [7, 11) is 0. The smallest absolute Gasteiger partial charge is 0.0148 e. The molecule has 0 bridgehead atoms. The van der Waals surface area contributed by atoms with Crippen molar-refractivity contribution in [1.82, 2.24) is 0 Å². The molecule has 0 saturated carbocycles. The number of alkyl halides is 1. The summed E-state index contributed by atoms with van der Waals surface area (Å²) in [5, 5.41) is 0. The summed E-state index contributed by atoms with van der Waals surface area (Å²) in [6.07, 6.45) is 3.55. The molecule has 0 aliphatic heterocycles. The lowest BCUT2D eigenvalue weighted by molar-refractivity contribution is 0.509.